The van der Waals surface area contributed by atoms with Crippen LogP contribution in [0.4, 0.5) is 0 Å². The van der Waals surface area contributed by atoms with Crippen LogP contribution in [0.1, 0.15) is 29.0 Å². The molecule has 0 aliphatic carbocycles. The van der Waals surface area contributed by atoms with Crippen LogP contribution < -0.4 is 0 Å². The second-order valence-electron chi connectivity index (χ2n) is 6.77. The molecule has 7 nitrogen and oxygen atoms in total. The van der Waals surface area contributed by atoms with Crippen molar-refractivity contribution in [2.45, 2.75) is 29.6 Å². The minimum atomic E-state index is -1.01. The van der Waals surface area contributed by atoms with Gasteiger partial charge in [0, 0.05) is 61.5 Å². The van der Waals surface area contributed by atoms with Gasteiger partial charge in [0.15, 0.2) is 10.0 Å². The minimum absolute atomic E-state index is 0.0807. The van der Waals surface area contributed by atoms with Crippen LogP contribution in [0, 0.1) is 0 Å². The maximum Gasteiger partial charge on any atom is 0.355 e. The van der Waals surface area contributed by atoms with Crippen LogP contribution in [-0.4, -0.2) is 75.2 Å². The molecule has 1 fully saturated rings. The summed E-state index contributed by atoms with van der Waals surface area (Å²) in [6.07, 6.45) is 4.19. The van der Waals surface area contributed by atoms with E-state index in [4.69, 9.17) is 5.11 Å². The molecule has 1 unspecified atom stereocenters. The van der Waals surface area contributed by atoms with Gasteiger partial charge in [0.1, 0.15) is 0 Å². The van der Waals surface area contributed by atoms with E-state index in [0.29, 0.717) is 18.7 Å². The molecule has 3 heterocycles. The second-order valence-corrected chi connectivity index (χ2v) is 8.97. The number of thiazole rings is 1. The van der Waals surface area contributed by atoms with Crippen LogP contribution in [0.15, 0.2) is 34.1 Å². The van der Waals surface area contributed by atoms with Gasteiger partial charge in [0.25, 0.3) is 0 Å². The molecule has 1 N–H and O–H groups in total. The normalized spacial score (nSPS) is 16.9. The SMILES string of the molecule is CN(CCc1ccccn1)CC1CCC(=O)N1CCSc1nc(C(=O)O)cs1. The van der Waals surface area contributed by atoms with Crippen LogP contribution in [0.5, 0.6) is 0 Å². The third-order valence-corrected chi connectivity index (χ3v) is 6.71. The van der Waals surface area contributed by atoms with Crippen LogP contribution in [-0.2, 0) is 11.2 Å². The molecule has 0 aromatic carbocycles. The molecule has 1 amide bonds. The Labute approximate surface area is 172 Å². The lowest BCUT2D eigenvalue weighted by atomic mass is 10.2. The molecule has 0 saturated carbocycles. The molecule has 1 saturated heterocycles. The largest absolute Gasteiger partial charge is 0.476 e. The number of likely N-dealkylation sites (tertiary alicyclic amines) is 1. The van der Waals surface area contributed by atoms with Crippen LogP contribution >= 0.6 is 23.1 Å². The number of likely N-dealkylation sites (N-methyl/N-ethyl adjacent to an activating group) is 1. The van der Waals surface area contributed by atoms with Gasteiger partial charge in [0.2, 0.25) is 5.91 Å². The van der Waals surface area contributed by atoms with Gasteiger partial charge in [-0.15, -0.1) is 11.3 Å². The van der Waals surface area contributed by atoms with Crippen molar-refractivity contribution < 1.29 is 14.7 Å². The molecule has 2 aromatic rings. The first-order valence-corrected chi connectivity index (χ1v) is 11.1. The molecule has 0 spiro atoms. The molecular weight excluding hydrogens is 396 g/mol. The number of aromatic carboxylic acids is 1. The molecular formula is C19H24N4O3S2. The molecule has 1 atom stereocenters. The van der Waals surface area contributed by atoms with Crippen molar-refractivity contribution in [3.8, 4) is 0 Å². The molecule has 1 aliphatic rings. The Morgan fingerprint density at radius 3 is 3.04 bits per heavy atom. The summed E-state index contributed by atoms with van der Waals surface area (Å²) in [5, 5.41) is 10.5. The fraction of sp³-hybridized carbons (Fsp3) is 0.474. The summed E-state index contributed by atoms with van der Waals surface area (Å²) in [5.74, 6) is -0.0901. The molecule has 2 aromatic heterocycles. The first kappa shape index (κ1) is 20.8. The van der Waals surface area contributed by atoms with E-state index in [2.05, 4.69) is 21.9 Å². The second kappa shape index (κ2) is 9.99. The zero-order valence-corrected chi connectivity index (χ0v) is 17.4. The number of rotatable bonds is 10. The molecule has 150 valence electrons. The molecule has 3 rings (SSSR count). The zero-order chi connectivity index (χ0) is 19.9. The van der Waals surface area contributed by atoms with Crippen LogP contribution in [0.25, 0.3) is 0 Å². The summed E-state index contributed by atoms with van der Waals surface area (Å²) >= 11 is 2.83. The third kappa shape index (κ3) is 5.76. The Kier molecular flexibility index (Phi) is 7.41. The number of carbonyl (C=O) groups is 2. The number of carboxylic acids is 1. The maximum atomic E-state index is 12.3. The number of hydrogen-bond donors (Lipinski definition) is 1. The zero-order valence-electron chi connectivity index (χ0n) is 15.8. The van der Waals surface area contributed by atoms with Crippen molar-refractivity contribution in [3.63, 3.8) is 0 Å². The monoisotopic (exact) mass is 420 g/mol. The lowest BCUT2D eigenvalue weighted by Crippen LogP contribution is -2.42. The van der Waals surface area contributed by atoms with E-state index < -0.39 is 5.97 Å². The number of pyridine rings is 1. The van der Waals surface area contributed by atoms with E-state index in [-0.39, 0.29) is 17.6 Å². The average Bonchev–Trinajstić information content (AvgIpc) is 3.29. The summed E-state index contributed by atoms with van der Waals surface area (Å²) in [7, 11) is 2.08. The fourth-order valence-electron chi connectivity index (χ4n) is 3.25. The third-order valence-electron chi connectivity index (χ3n) is 4.71. The van der Waals surface area contributed by atoms with E-state index in [1.165, 1.54) is 23.1 Å². The predicted molar refractivity (Wildman–Crippen MR) is 110 cm³/mol. The molecule has 1 aliphatic heterocycles. The number of amides is 1. The van der Waals surface area contributed by atoms with Crippen molar-refractivity contribution in [2.75, 3.05) is 32.4 Å². The van der Waals surface area contributed by atoms with Crippen molar-refractivity contribution in [1.29, 1.82) is 0 Å². The summed E-state index contributed by atoms with van der Waals surface area (Å²) in [5.41, 5.74) is 1.16. The van der Waals surface area contributed by atoms with E-state index >= 15 is 0 Å². The minimum Gasteiger partial charge on any atom is -0.476 e. The van der Waals surface area contributed by atoms with E-state index in [0.717, 1.165) is 36.0 Å². The van der Waals surface area contributed by atoms with E-state index in [1.54, 1.807) is 5.38 Å². The highest BCUT2D eigenvalue weighted by molar-refractivity contribution is 8.01. The molecule has 9 heteroatoms. The van der Waals surface area contributed by atoms with Crippen molar-refractivity contribution in [3.05, 3.63) is 41.2 Å². The highest BCUT2D eigenvalue weighted by Crippen LogP contribution is 2.25. The Hall–Kier alpha value is -1.97. The smallest absolute Gasteiger partial charge is 0.355 e. The molecule has 28 heavy (non-hydrogen) atoms. The average molecular weight is 421 g/mol. The topological polar surface area (TPSA) is 86.6 Å². The Morgan fingerprint density at radius 2 is 2.32 bits per heavy atom. The standard InChI is InChI=1S/C19H24N4O3S2/c1-22(9-7-14-4-2-3-8-20-14)12-15-5-6-17(24)23(15)10-11-27-19-21-16(13-28-19)18(25)26/h2-4,8,13,15H,5-7,9-12H2,1H3,(H,25,26). The van der Waals surface area contributed by atoms with Crippen LogP contribution in [0.3, 0.4) is 0 Å². The lowest BCUT2D eigenvalue weighted by molar-refractivity contribution is -0.128. The lowest BCUT2D eigenvalue weighted by Gasteiger charge is -2.28. The van der Waals surface area contributed by atoms with Gasteiger partial charge in [-0.3, -0.25) is 9.78 Å². The summed E-state index contributed by atoms with van der Waals surface area (Å²) in [4.78, 5) is 35.8. The first-order chi connectivity index (χ1) is 13.5. The first-order valence-electron chi connectivity index (χ1n) is 9.22. The Morgan fingerprint density at radius 1 is 1.46 bits per heavy atom. The molecule has 0 radical (unpaired) electrons. The van der Waals surface area contributed by atoms with Crippen molar-refractivity contribution >= 4 is 35.0 Å². The van der Waals surface area contributed by atoms with Gasteiger partial charge < -0.3 is 14.9 Å². The van der Waals surface area contributed by atoms with Crippen molar-refractivity contribution in [2.24, 2.45) is 0 Å². The Balaban J connectivity index is 1.44. The van der Waals surface area contributed by atoms with Gasteiger partial charge in [-0.25, -0.2) is 9.78 Å². The van der Waals surface area contributed by atoms with E-state index in [9.17, 15) is 9.59 Å². The van der Waals surface area contributed by atoms with Gasteiger partial charge in [0.05, 0.1) is 0 Å². The summed E-state index contributed by atoms with van der Waals surface area (Å²) in [6.45, 7) is 2.41. The summed E-state index contributed by atoms with van der Waals surface area (Å²) in [6, 6.07) is 6.18. The van der Waals surface area contributed by atoms with Gasteiger partial charge in [-0.05, 0) is 25.6 Å². The Bertz CT molecular complexity index is 799. The predicted octanol–water partition coefficient (Wildman–Crippen LogP) is 2.49. The molecule has 0 bridgehead atoms. The van der Waals surface area contributed by atoms with Crippen LogP contribution in [0.2, 0.25) is 0 Å². The number of carbonyl (C=O) groups excluding carboxylic acids is 1. The summed E-state index contributed by atoms with van der Waals surface area (Å²) < 4.78 is 0.730. The number of carboxylic acid groups (broad SMARTS) is 1. The van der Waals surface area contributed by atoms with E-state index in [1.807, 2.05) is 29.3 Å². The fourth-order valence-corrected chi connectivity index (χ4v) is 5.05. The number of thioether (sulfide) groups is 1. The maximum absolute atomic E-state index is 12.3. The number of hydrogen-bond acceptors (Lipinski definition) is 7. The highest BCUT2D eigenvalue weighted by Gasteiger charge is 2.31. The van der Waals surface area contributed by atoms with Crippen molar-refractivity contribution in [1.82, 2.24) is 19.8 Å². The number of nitrogens with zero attached hydrogens (tertiary/aromatic N) is 4. The number of aromatic nitrogens is 2. The van der Waals surface area contributed by atoms with Gasteiger partial charge >= 0.3 is 5.97 Å². The van der Waals surface area contributed by atoms with Gasteiger partial charge in [-0.1, -0.05) is 17.8 Å². The van der Waals surface area contributed by atoms with Gasteiger partial charge in [-0.2, -0.15) is 0 Å². The highest BCUT2D eigenvalue weighted by atomic mass is 32.2. The quantitative estimate of drug-likeness (QED) is 0.591.